The maximum atomic E-state index is 9.89. The first-order chi connectivity index (χ1) is 20.1. The minimum Gasteiger partial charge on any atom is -0.499 e. The number of aliphatic hydroxyl groups is 1. The van der Waals surface area contributed by atoms with Crippen LogP contribution in [0.1, 0.15) is 36.8 Å². The van der Waals surface area contributed by atoms with Crippen LogP contribution in [0.25, 0.3) is 0 Å². The highest BCUT2D eigenvalue weighted by molar-refractivity contribution is 5.29. The van der Waals surface area contributed by atoms with E-state index in [1.54, 1.807) is 27.4 Å². The van der Waals surface area contributed by atoms with Crippen LogP contribution in [0.5, 0.6) is 0 Å². The van der Waals surface area contributed by atoms with E-state index in [4.69, 9.17) is 28.4 Å². The van der Waals surface area contributed by atoms with Gasteiger partial charge in [0.2, 0.25) is 0 Å². The molecule has 3 rings (SSSR count). The molecular formula is C32H50N2O7. The van der Waals surface area contributed by atoms with Crippen molar-refractivity contribution in [2.45, 2.75) is 50.6 Å². The summed E-state index contributed by atoms with van der Waals surface area (Å²) in [5.74, 6) is 0.0141. The van der Waals surface area contributed by atoms with Crippen LogP contribution in [0.3, 0.4) is 0 Å². The number of nitrogens with one attached hydrogen (secondary N) is 1. The molecular weight excluding hydrogens is 524 g/mol. The van der Waals surface area contributed by atoms with Crippen molar-refractivity contribution < 1.29 is 33.5 Å². The second-order valence-corrected chi connectivity index (χ2v) is 10.5. The molecule has 0 saturated carbocycles. The van der Waals surface area contributed by atoms with Gasteiger partial charge in [-0.05, 0) is 54.8 Å². The maximum absolute atomic E-state index is 9.89. The number of aliphatic hydroxyl groups excluding tert-OH is 1. The Kier molecular flexibility index (Phi) is 16.1. The molecule has 9 heteroatoms. The molecule has 41 heavy (non-hydrogen) atoms. The van der Waals surface area contributed by atoms with E-state index in [2.05, 4.69) is 46.8 Å². The van der Waals surface area contributed by atoms with E-state index in [0.717, 1.165) is 49.2 Å². The molecule has 230 valence electrons. The Bertz CT molecular complexity index is 919. The predicted molar refractivity (Wildman–Crippen MR) is 160 cm³/mol. The third kappa shape index (κ3) is 12.7. The lowest BCUT2D eigenvalue weighted by atomic mass is 9.85. The van der Waals surface area contributed by atoms with Gasteiger partial charge in [-0.15, -0.1) is 0 Å². The normalized spacial score (nSPS) is 25.1. The van der Waals surface area contributed by atoms with Crippen LogP contribution in [-0.2, 0) is 35.0 Å². The number of hydrogen-bond donors (Lipinski definition) is 2. The third-order valence-electron chi connectivity index (χ3n) is 7.05. The van der Waals surface area contributed by atoms with Crippen LogP contribution in [-0.4, -0.2) is 108 Å². The Labute approximate surface area is 246 Å². The zero-order valence-corrected chi connectivity index (χ0v) is 25.0. The van der Waals surface area contributed by atoms with Crippen molar-refractivity contribution in [3.05, 3.63) is 71.7 Å². The molecule has 2 aliphatic heterocycles. The first-order valence-corrected chi connectivity index (χ1v) is 14.8. The number of methoxy groups -OCH3 is 2. The van der Waals surface area contributed by atoms with E-state index < -0.39 is 6.10 Å². The second kappa shape index (κ2) is 19.8. The van der Waals surface area contributed by atoms with Crippen molar-refractivity contribution in [3.63, 3.8) is 0 Å². The average molecular weight is 575 g/mol. The van der Waals surface area contributed by atoms with Crippen LogP contribution >= 0.6 is 0 Å². The van der Waals surface area contributed by atoms with Gasteiger partial charge in [0.05, 0.1) is 50.9 Å². The fourth-order valence-corrected chi connectivity index (χ4v) is 4.90. The van der Waals surface area contributed by atoms with E-state index in [9.17, 15) is 5.11 Å². The number of nitrogens with zero attached hydrogens (tertiary/aromatic N) is 1. The van der Waals surface area contributed by atoms with Gasteiger partial charge in [-0.1, -0.05) is 30.3 Å². The molecule has 4 atom stereocenters. The fraction of sp³-hybridized carbons (Fsp3) is 0.625. The molecule has 1 fully saturated rings. The van der Waals surface area contributed by atoms with Crippen LogP contribution in [0, 0.1) is 0 Å². The molecule has 2 heterocycles. The topological polar surface area (TPSA) is 90.9 Å². The number of allylic oxidation sites excluding steroid dienone is 2. The van der Waals surface area contributed by atoms with E-state index in [-0.39, 0.29) is 24.7 Å². The Morgan fingerprint density at radius 1 is 1.00 bits per heavy atom. The average Bonchev–Trinajstić information content (AvgIpc) is 2.98. The second-order valence-electron chi connectivity index (χ2n) is 10.5. The molecule has 0 amide bonds. The highest BCUT2D eigenvalue weighted by atomic mass is 16.5. The Morgan fingerprint density at radius 2 is 1.76 bits per heavy atom. The lowest BCUT2D eigenvalue weighted by Gasteiger charge is -2.39. The van der Waals surface area contributed by atoms with Gasteiger partial charge in [-0.25, -0.2) is 0 Å². The molecule has 9 nitrogen and oxygen atoms in total. The summed E-state index contributed by atoms with van der Waals surface area (Å²) in [6.45, 7) is 8.89. The van der Waals surface area contributed by atoms with Crippen LogP contribution in [0.15, 0.2) is 60.5 Å². The smallest absolute Gasteiger partial charge is 0.105 e. The van der Waals surface area contributed by atoms with Gasteiger partial charge in [0.25, 0.3) is 0 Å². The van der Waals surface area contributed by atoms with Crippen molar-refractivity contribution >= 4 is 0 Å². The number of rotatable bonds is 17. The summed E-state index contributed by atoms with van der Waals surface area (Å²) in [5, 5.41) is 13.4. The van der Waals surface area contributed by atoms with Crippen molar-refractivity contribution in [1.82, 2.24) is 10.2 Å². The van der Waals surface area contributed by atoms with Gasteiger partial charge in [-0.2, -0.15) is 0 Å². The number of hydrogen-bond acceptors (Lipinski definition) is 9. The largest absolute Gasteiger partial charge is 0.499 e. The highest BCUT2D eigenvalue weighted by Gasteiger charge is 2.36. The summed E-state index contributed by atoms with van der Waals surface area (Å²) in [6, 6.07) is 8.54. The number of ether oxygens (including phenoxy) is 6. The first-order valence-electron chi connectivity index (χ1n) is 14.8. The molecule has 2 N–H and O–H groups in total. The lowest BCUT2D eigenvalue weighted by molar-refractivity contribution is -0.0672. The molecule has 1 aromatic carbocycles. The Hall–Kier alpha value is -2.24. The maximum Gasteiger partial charge on any atom is 0.105 e. The molecule has 0 aromatic heterocycles. The highest BCUT2D eigenvalue weighted by Crippen LogP contribution is 2.31. The van der Waals surface area contributed by atoms with E-state index in [1.165, 1.54) is 0 Å². The number of benzene rings is 1. The molecule has 0 aliphatic carbocycles. The quantitative estimate of drug-likeness (QED) is 0.272. The molecule has 0 spiro atoms. The van der Waals surface area contributed by atoms with Crippen LogP contribution in [0.4, 0.5) is 0 Å². The lowest BCUT2D eigenvalue weighted by Crippen LogP contribution is -2.51. The zero-order chi connectivity index (χ0) is 29.1. The van der Waals surface area contributed by atoms with Gasteiger partial charge >= 0.3 is 0 Å². The SMILES string of the molecule is COCCCOCc1ccc(C2[C@@H](OCC3=C/C=C/OCCN(CCCOC)\C=C\3)CNC[C@H]2OCC(C)O)cc1. The summed E-state index contributed by atoms with van der Waals surface area (Å²) in [5.41, 5.74) is 3.33. The van der Waals surface area contributed by atoms with Gasteiger partial charge in [0.1, 0.15) is 6.61 Å². The fourth-order valence-electron chi connectivity index (χ4n) is 4.90. The van der Waals surface area contributed by atoms with E-state index >= 15 is 0 Å². The van der Waals surface area contributed by atoms with Crippen molar-refractivity contribution in [3.8, 4) is 0 Å². The van der Waals surface area contributed by atoms with Gasteiger partial charge in [0, 0.05) is 59.6 Å². The Morgan fingerprint density at radius 3 is 2.51 bits per heavy atom. The molecule has 0 bridgehead atoms. The van der Waals surface area contributed by atoms with Crippen LogP contribution < -0.4 is 5.32 Å². The minimum atomic E-state index is -0.534. The Balaban J connectivity index is 1.69. The molecule has 0 radical (unpaired) electrons. The van der Waals surface area contributed by atoms with E-state index in [0.29, 0.717) is 46.1 Å². The summed E-state index contributed by atoms with van der Waals surface area (Å²) in [6.07, 6.45) is 11.0. The van der Waals surface area contributed by atoms with Crippen LogP contribution in [0.2, 0.25) is 0 Å². The summed E-state index contributed by atoms with van der Waals surface area (Å²) >= 11 is 0. The van der Waals surface area contributed by atoms with Crippen molar-refractivity contribution in [1.29, 1.82) is 0 Å². The summed E-state index contributed by atoms with van der Waals surface area (Å²) in [4.78, 5) is 2.25. The standard InChI is InChI=1S/C32H50N2O7/c1-26(35)23-40-30-21-33-22-31(32(30)29-10-8-28(9-11-29)24-39-19-6-17-37-3)41-25-27-7-4-18-38-20-15-34(14-12-27)13-5-16-36-2/h4,7-12,14,18,26,30-33,35H,5-6,13,15-17,19-25H2,1-3H3/b14-12+,18-4+,27-7+/t26?,30-,31+,32?/m1/s1. The zero-order valence-electron chi connectivity index (χ0n) is 25.0. The predicted octanol–water partition coefficient (Wildman–Crippen LogP) is 3.40. The molecule has 1 aromatic rings. The molecule has 1 saturated heterocycles. The monoisotopic (exact) mass is 574 g/mol. The third-order valence-corrected chi connectivity index (χ3v) is 7.05. The molecule has 2 aliphatic rings. The van der Waals surface area contributed by atoms with Gasteiger partial charge in [-0.3, -0.25) is 0 Å². The first kappa shape index (κ1) is 33.3. The minimum absolute atomic E-state index is 0.0141. The van der Waals surface area contributed by atoms with Crippen molar-refractivity contribution in [2.24, 2.45) is 0 Å². The molecule has 2 unspecified atom stereocenters. The summed E-state index contributed by atoms with van der Waals surface area (Å²) < 4.78 is 34.5. The van der Waals surface area contributed by atoms with Crippen molar-refractivity contribution in [2.75, 3.05) is 80.0 Å². The van der Waals surface area contributed by atoms with Gasteiger partial charge < -0.3 is 43.7 Å². The van der Waals surface area contributed by atoms with Gasteiger partial charge in [0.15, 0.2) is 0 Å². The van der Waals surface area contributed by atoms with E-state index in [1.807, 2.05) is 12.2 Å². The summed E-state index contributed by atoms with van der Waals surface area (Å²) in [7, 11) is 3.43. The number of piperidine rings is 1.